The number of carbonyl (C=O) groups is 1. The third-order valence-electron chi connectivity index (χ3n) is 3.98. The molecule has 6 nitrogen and oxygen atoms in total. The van der Waals surface area contributed by atoms with Crippen molar-refractivity contribution >= 4 is 39.3 Å². The average molecular weight is 339 g/mol. The van der Waals surface area contributed by atoms with Crippen LogP contribution in [0.15, 0.2) is 55.0 Å². The van der Waals surface area contributed by atoms with Crippen molar-refractivity contribution < 1.29 is 9.90 Å². The number of aromatic nitrogens is 3. The van der Waals surface area contributed by atoms with Gasteiger partial charge in [-0.3, -0.25) is 0 Å². The van der Waals surface area contributed by atoms with Gasteiger partial charge in [0.05, 0.1) is 11.5 Å². The summed E-state index contributed by atoms with van der Waals surface area (Å²) < 4.78 is 0. The molecule has 0 bridgehead atoms. The molecule has 1 N–H and O–H groups in total. The Morgan fingerprint density at radius 1 is 1.15 bits per heavy atom. The van der Waals surface area contributed by atoms with Gasteiger partial charge in [0.15, 0.2) is 5.82 Å². The molecule has 0 fully saturated rings. The first-order chi connectivity index (χ1) is 12.7. The van der Waals surface area contributed by atoms with Gasteiger partial charge in [-0.05, 0) is 29.8 Å². The van der Waals surface area contributed by atoms with Gasteiger partial charge in [-0.25, -0.2) is 15.0 Å². The number of carbonyl (C=O) groups excluding carboxylic acids is 1. The van der Waals surface area contributed by atoms with Crippen LogP contribution in [0.1, 0.15) is 15.9 Å². The number of carboxylic acid groups (broad SMARTS) is 1. The zero-order valence-corrected chi connectivity index (χ0v) is 13.4. The molecule has 0 radical (unpaired) electrons. The number of hydrogen-bond donors (Lipinski definition) is 1. The van der Waals surface area contributed by atoms with Gasteiger partial charge in [-0.15, -0.1) is 6.42 Å². The number of nitrogens with zero attached hydrogens (tertiary/aromatic N) is 3. The minimum atomic E-state index is -1.26. The van der Waals surface area contributed by atoms with Crippen molar-refractivity contribution in [1.29, 1.82) is 0 Å². The fraction of sp³-hybridized carbons (Fsp3) is 0. The van der Waals surface area contributed by atoms with E-state index in [9.17, 15) is 9.90 Å². The van der Waals surface area contributed by atoms with E-state index in [-0.39, 0.29) is 5.56 Å². The molecule has 0 aliphatic carbocycles. The van der Waals surface area contributed by atoms with Crippen LogP contribution >= 0.6 is 0 Å². The van der Waals surface area contributed by atoms with Gasteiger partial charge in [-0.2, -0.15) is 0 Å². The summed E-state index contributed by atoms with van der Waals surface area (Å²) in [6.07, 6.45) is 8.56. The first-order valence-corrected chi connectivity index (χ1v) is 7.74. The number of hydrogen-bond acceptors (Lipinski definition) is 6. The maximum Gasteiger partial charge on any atom is 0.157 e. The molecule has 2 heterocycles. The van der Waals surface area contributed by atoms with E-state index in [2.05, 4.69) is 26.2 Å². The number of fused-ring (bicyclic) bond motifs is 3. The van der Waals surface area contributed by atoms with Crippen LogP contribution < -0.4 is 10.4 Å². The second kappa shape index (κ2) is 6.15. The van der Waals surface area contributed by atoms with Crippen LogP contribution in [0.5, 0.6) is 0 Å². The summed E-state index contributed by atoms with van der Waals surface area (Å²) in [6, 6.07) is 12.0. The Morgan fingerprint density at radius 3 is 2.85 bits per heavy atom. The van der Waals surface area contributed by atoms with Crippen LogP contribution in [0, 0.1) is 12.3 Å². The van der Waals surface area contributed by atoms with E-state index in [1.165, 1.54) is 18.5 Å². The van der Waals surface area contributed by atoms with Gasteiger partial charge in [-0.1, -0.05) is 24.1 Å². The average Bonchev–Trinajstić information content (AvgIpc) is 2.68. The molecule has 26 heavy (non-hydrogen) atoms. The second-order valence-corrected chi connectivity index (χ2v) is 5.61. The Kier molecular flexibility index (Phi) is 3.67. The number of terminal acetylenes is 1. The number of anilines is 2. The summed E-state index contributed by atoms with van der Waals surface area (Å²) in [6.45, 7) is 0. The predicted octanol–water partition coefficient (Wildman–Crippen LogP) is 2.27. The lowest BCUT2D eigenvalue weighted by Crippen LogP contribution is -2.22. The van der Waals surface area contributed by atoms with E-state index in [4.69, 9.17) is 6.42 Å². The van der Waals surface area contributed by atoms with Crippen LogP contribution in [0.3, 0.4) is 0 Å². The summed E-state index contributed by atoms with van der Waals surface area (Å²) in [5, 5.41) is 15.9. The lowest BCUT2D eigenvalue weighted by Gasteiger charge is -2.12. The Balaban J connectivity index is 1.94. The molecular formula is C20H11N4O2-. The number of nitrogens with one attached hydrogen (secondary N) is 1. The highest BCUT2D eigenvalue weighted by molar-refractivity contribution is 6.09. The van der Waals surface area contributed by atoms with E-state index in [1.54, 1.807) is 12.3 Å². The molecule has 0 saturated heterocycles. The van der Waals surface area contributed by atoms with Crippen molar-refractivity contribution in [1.82, 2.24) is 15.0 Å². The SMILES string of the molecule is C#Cc1cccc(Nc2nc3cc(C(=O)[O-])ccc3c3cncnc23)c1. The summed E-state index contributed by atoms with van der Waals surface area (Å²) in [5.74, 6) is 1.81. The fourth-order valence-corrected chi connectivity index (χ4v) is 2.78. The van der Waals surface area contributed by atoms with Gasteiger partial charge in [0, 0.05) is 28.2 Å². The van der Waals surface area contributed by atoms with Crippen molar-refractivity contribution in [2.45, 2.75) is 0 Å². The number of pyridine rings is 1. The van der Waals surface area contributed by atoms with Crippen molar-refractivity contribution in [2.75, 3.05) is 5.32 Å². The molecule has 0 unspecified atom stereocenters. The summed E-state index contributed by atoms with van der Waals surface area (Å²) >= 11 is 0. The number of benzene rings is 2. The molecule has 0 amide bonds. The van der Waals surface area contributed by atoms with Crippen LogP contribution in [0.4, 0.5) is 11.5 Å². The Hall–Kier alpha value is -3.98. The highest BCUT2D eigenvalue weighted by atomic mass is 16.4. The van der Waals surface area contributed by atoms with Crippen LogP contribution in [-0.4, -0.2) is 20.9 Å². The number of rotatable bonds is 3. The van der Waals surface area contributed by atoms with E-state index >= 15 is 0 Å². The van der Waals surface area contributed by atoms with E-state index in [0.717, 1.165) is 22.0 Å². The zero-order chi connectivity index (χ0) is 18.1. The molecule has 6 heteroatoms. The largest absolute Gasteiger partial charge is 0.545 e. The Bertz CT molecular complexity index is 1210. The van der Waals surface area contributed by atoms with Crippen LogP contribution in [-0.2, 0) is 0 Å². The molecule has 0 spiro atoms. The third-order valence-corrected chi connectivity index (χ3v) is 3.98. The molecule has 4 rings (SSSR count). The second-order valence-electron chi connectivity index (χ2n) is 5.61. The molecule has 2 aromatic heterocycles. The normalized spacial score (nSPS) is 10.6. The van der Waals surface area contributed by atoms with E-state index < -0.39 is 5.97 Å². The third kappa shape index (κ3) is 2.68. The zero-order valence-electron chi connectivity index (χ0n) is 13.4. The van der Waals surface area contributed by atoms with Crippen molar-refractivity contribution in [3.63, 3.8) is 0 Å². The molecule has 0 aliphatic heterocycles. The highest BCUT2D eigenvalue weighted by Gasteiger charge is 2.11. The molecule has 2 aromatic carbocycles. The van der Waals surface area contributed by atoms with Gasteiger partial charge < -0.3 is 15.2 Å². The van der Waals surface area contributed by atoms with Gasteiger partial charge in [0.1, 0.15) is 11.8 Å². The monoisotopic (exact) mass is 339 g/mol. The van der Waals surface area contributed by atoms with Crippen LogP contribution in [0.25, 0.3) is 21.8 Å². The lowest BCUT2D eigenvalue weighted by atomic mass is 10.1. The minimum absolute atomic E-state index is 0.0569. The molecule has 0 aliphatic rings. The summed E-state index contributed by atoms with van der Waals surface area (Å²) in [7, 11) is 0. The summed E-state index contributed by atoms with van der Waals surface area (Å²) in [4.78, 5) is 24.1. The number of aromatic carboxylic acids is 1. The van der Waals surface area contributed by atoms with Crippen molar-refractivity contribution in [2.24, 2.45) is 0 Å². The Morgan fingerprint density at radius 2 is 2.04 bits per heavy atom. The number of carboxylic acids is 1. The van der Waals surface area contributed by atoms with Crippen molar-refractivity contribution in [3.05, 3.63) is 66.1 Å². The van der Waals surface area contributed by atoms with Gasteiger partial charge >= 0.3 is 0 Å². The maximum absolute atomic E-state index is 11.2. The lowest BCUT2D eigenvalue weighted by molar-refractivity contribution is -0.255. The highest BCUT2D eigenvalue weighted by Crippen LogP contribution is 2.29. The molecule has 0 atom stereocenters. The van der Waals surface area contributed by atoms with Gasteiger partial charge in [0.25, 0.3) is 0 Å². The smallest absolute Gasteiger partial charge is 0.157 e. The molecular weight excluding hydrogens is 328 g/mol. The topological polar surface area (TPSA) is 90.8 Å². The van der Waals surface area contributed by atoms with Crippen molar-refractivity contribution in [3.8, 4) is 12.3 Å². The Labute approximate surface area is 148 Å². The van der Waals surface area contributed by atoms with Crippen LogP contribution in [0.2, 0.25) is 0 Å². The standard InChI is InChI=1S/C20H12N4O2/c1-2-12-4-3-5-14(8-12)23-19-18-16(10-21-11-22-18)15-7-6-13(20(25)26)9-17(15)24-19/h1,3-11H,(H,23,24)(H,25,26)/p-1. The maximum atomic E-state index is 11.2. The van der Waals surface area contributed by atoms with Gasteiger partial charge in [0.2, 0.25) is 0 Å². The van der Waals surface area contributed by atoms with E-state index in [0.29, 0.717) is 16.9 Å². The van der Waals surface area contributed by atoms with E-state index in [1.807, 2.05) is 24.3 Å². The molecule has 124 valence electrons. The summed E-state index contributed by atoms with van der Waals surface area (Å²) in [5.41, 5.74) is 2.67. The fourth-order valence-electron chi connectivity index (χ4n) is 2.78. The minimum Gasteiger partial charge on any atom is -0.545 e. The predicted molar refractivity (Wildman–Crippen MR) is 96.8 cm³/mol. The molecule has 0 saturated carbocycles. The molecule has 4 aromatic rings. The quantitative estimate of drug-likeness (QED) is 0.455. The first-order valence-electron chi connectivity index (χ1n) is 7.74. The first kappa shape index (κ1) is 15.5.